The molecule has 1 saturated heterocycles. The number of hydrogen-bond acceptors (Lipinski definition) is 4. The number of ketones is 1. The van der Waals surface area contributed by atoms with Crippen LogP contribution in [-0.2, 0) is 19.1 Å². The molecule has 5 nitrogen and oxygen atoms in total. The van der Waals surface area contributed by atoms with Gasteiger partial charge in [0.15, 0.2) is 0 Å². The Bertz CT molecular complexity index is 840. The number of rotatable bonds is 7. The van der Waals surface area contributed by atoms with E-state index in [1.807, 2.05) is 26.0 Å². The zero-order valence-corrected chi connectivity index (χ0v) is 19.7. The molecule has 1 aliphatic heterocycles. The molecule has 0 bridgehead atoms. The van der Waals surface area contributed by atoms with Gasteiger partial charge in [0.25, 0.3) is 5.91 Å². The van der Waals surface area contributed by atoms with E-state index in [9.17, 15) is 14.4 Å². The Morgan fingerprint density at radius 3 is 1.94 bits per heavy atom. The van der Waals surface area contributed by atoms with Crippen molar-refractivity contribution >= 4 is 17.7 Å². The summed E-state index contributed by atoms with van der Waals surface area (Å²) < 4.78 is 5.10. The maximum absolute atomic E-state index is 12.3. The van der Waals surface area contributed by atoms with E-state index in [0.29, 0.717) is 26.0 Å². The fraction of sp³-hybridized carbons (Fsp3) is 0.444. The molecule has 5 heteroatoms. The Balaban J connectivity index is 0.000000255. The maximum atomic E-state index is 12.3. The summed E-state index contributed by atoms with van der Waals surface area (Å²) in [7, 11) is 0. The standard InChI is InChI=1S/C15H25NO4.C12H10/c1-5-10-20-14(19)11-8-7-9-16(11)13(18)12(17)15(3,4)6-2;1-3-7-11(8-4-1)12-9-5-2-6-10-12/h11H,5-10H2,1-4H3;1-10H/t11-;/m0./s1. The molecule has 0 radical (unpaired) electrons. The number of nitrogens with zero attached hydrogens (tertiary/aromatic N) is 1. The molecule has 2 aromatic rings. The number of Topliss-reactive ketones (excluding diaryl/α,β-unsaturated/α-hetero) is 1. The smallest absolute Gasteiger partial charge is 0.328 e. The zero-order chi connectivity index (χ0) is 23.6. The number of ether oxygens (including phenoxy) is 1. The van der Waals surface area contributed by atoms with Gasteiger partial charge in [-0.3, -0.25) is 9.59 Å². The van der Waals surface area contributed by atoms with Crippen molar-refractivity contribution in [2.75, 3.05) is 13.2 Å². The fourth-order valence-electron chi connectivity index (χ4n) is 3.40. The van der Waals surface area contributed by atoms with Gasteiger partial charge >= 0.3 is 5.97 Å². The summed E-state index contributed by atoms with van der Waals surface area (Å²) in [6.07, 6.45) is 2.65. The number of likely N-dealkylation sites (tertiary alicyclic amines) is 1. The van der Waals surface area contributed by atoms with Gasteiger partial charge in [-0.1, -0.05) is 88.4 Å². The van der Waals surface area contributed by atoms with Gasteiger partial charge in [-0.25, -0.2) is 4.79 Å². The highest BCUT2D eigenvalue weighted by Gasteiger charge is 2.41. The second-order valence-corrected chi connectivity index (χ2v) is 8.62. The molecule has 1 amide bonds. The second kappa shape index (κ2) is 12.2. The van der Waals surface area contributed by atoms with Crippen LogP contribution in [0.1, 0.15) is 53.4 Å². The van der Waals surface area contributed by atoms with Crippen molar-refractivity contribution in [3.8, 4) is 11.1 Å². The first-order valence-corrected chi connectivity index (χ1v) is 11.4. The fourth-order valence-corrected chi connectivity index (χ4v) is 3.40. The van der Waals surface area contributed by atoms with Crippen LogP contribution in [0.2, 0.25) is 0 Å². The SMILES string of the molecule is CCCOC(=O)[C@@H]1CCCN1C(=O)C(=O)C(C)(C)CC.c1ccc(-c2ccccc2)cc1. The topological polar surface area (TPSA) is 63.7 Å². The third kappa shape index (κ3) is 6.78. The molecule has 1 atom stereocenters. The van der Waals surface area contributed by atoms with E-state index in [1.165, 1.54) is 16.0 Å². The Kier molecular flexibility index (Phi) is 9.63. The second-order valence-electron chi connectivity index (χ2n) is 8.62. The molecule has 0 unspecified atom stereocenters. The van der Waals surface area contributed by atoms with Gasteiger partial charge in [0.05, 0.1) is 6.61 Å². The van der Waals surface area contributed by atoms with Crippen molar-refractivity contribution in [1.29, 1.82) is 0 Å². The molecule has 0 N–H and O–H groups in total. The number of esters is 1. The average Bonchev–Trinajstić information content (AvgIpc) is 3.33. The minimum absolute atomic E-state index is 0.353. The zero-order valence-electron chi connectivity index (χ0n) is 19.7. The minimum Gasteiger partial charge on any atom is -0.464 e. The van der Waals surface area contributed by atoms with Gasteiger partial charge in [0.2, 0.25) is 5.78 Å². The Morgan fingerprint density at radius 1 is 0.938 bits per heavy atom. The summed E-state index contributed by atoms with van der Waals surface area (Å²) in [4.78, 5) is 37.8. The molecular weight excluding hydrogens is 402 g/mol. The first-order valence-electron chi connectivity index (χ1n) is 11.4. The summed E-state index contributed by atoms with van der Waals surface area (Å²) in [6.45, 7) is 8.11. The van der Waals surface area contributed by atoms with Crippen LogP contribution < -0.4 is 0 Å². The first kappa shape index (κ1) is 25.3. The molecule has 0 aromatic heterocycles. The third-order valence-electron chi connectivity index (χ3n) is 5.81. The van der Waals surface area contributed by atoms with Crippen molar-refractivity contribution in [2.45, 2.75) is 59.4 Å². The van der Waals surface area contributed by atoms with Crippen LogP contribution in [0.5, 0.6) is 0 Å². The van der Waals surface area contributed by atoms with Crippen molar-refractivity contribution in [1.82, 2.24) is 4.90 Å². The lowest BCUT2D eigenvalue weighted by Crippen LogP contribution is -2.47. The Morgan fingerprint density at radius 2 is 1.47 bits per heavy atom. The van der Waals surface area contributed by atoms with Crippen LogP contribution in [0, 0.1) is 5.41 Å². The van der Waals surface area contributed by atoms with Gasteiger partial charge in [-0.15, -0.1) is 0 Å². The highest BCUT2D eigenvalue weighted by molar-refractivity contribution is 6.38. The molecular formula is C27H35NO4. The van der Waals surface area contributed by atoms with E-state index in [2.05, 4.69) is 48.5 Å². The van der Waals surface area contributed by atoms with Crippen LogP contribution in [0.15, 0.2) is 60.7 Å². The van der Waals surface area contributed by atoms with E-state index in [4.69, 9.17) is 4.74 Å². The molecule has 0 saturated carbocycles. The molecule has 0 aliphatic carbocycles. The van der Waals surface area contributed by atoms with E-state index >= 15 is 0 Å². The lowest BCUT2D eigenvalue weighted by molar-refractivity contribution is -0.157. The average molecular weight is 438 g/mol. The highest BCUT2D eigenvalue weighted by atomic mass is 16.5. The van der Waals surface area contributed by atoms with Gasteiger partial charge < -0.3 is 9.64 Å². The molecule has 172 valence electrons. The number of carbonyl (C=O) groups is 3. The van der Waals surface area contributed by atoms with Crippen molar-refractivity contribution in [2.24, 2.45) is 5.41 Å². The van der Waals surface area contributed by atoms with E-state index < -0.39 is 23.1 Å². The minimum atomic E-state index is -0.683. The van der Waals surface area contributed by atoms with E-state index in [0.717, 1.165) is 12.8 Å². The molecule has 1 heterocycles. The Hall–Kier alpha value is -2.95. The highest BCUT2D eigenvalue weighted by Crippen LogP contribution is 2.26. The Labute approximate surface area is 191 Å². The van der Waals surface area contributed by atoms with Crippen molar-refractivity contribution in [3.63, 3.8) is 0 Å². The van der Waals surface area contributed by atoms with Crippen LogP contribution in [0.25, 0.3) is 11.1 Å². The number of carbonyl (C=O) groups excluding carboxylic acids is 3. The summed E-state index contributed by atoms with van der Waals surface area (Å²) in [5, 5.41) is 0. The molecule has 32 heavy (non-hydrogen) atoms. The summed E-state index contributed by atoms with van der Waals surface area (Å²) >= 11 is 0. The maximum Gasteiger partial charge on any atom is 0.328 e. The number of benzene rings is 2. The van der Waals surface area contributed by atoms with Crippen molar-refractivity contribution in [3.05, 3.63) is 60.7 Å². The number of hydrogen-bond donors (Lipinski definition) is 0. The van der Waals surface area contributed by atoms with Gasteiger partial charge in [0, 0.05) is 12.0 Å². The van der Waals surface area contributed by atoms with Crippen LogP contribution in [0.3, 0.4) is 0 Å². The lowest BCUT2D eigenvalue weighted by Gasteiger charge is -2.27. The molecule has 0 spiro atoms. The molecule has 1 aliphatic rings. The van der Waals surface area contributed by atoms with Gasteiger partial charge in [-0.2, -0.15) is 0 Å². The normalized spacial score (nSPS) is 15.5. The number of amides is 1. The first-order chi connectivity index (χ1) is 15.3. The third-order valence-corrected chi connectivity index (χ3v) is 5.81. The van der Waals surface area contributed by atoms with E-state index in [1.54, 1.807) is 13.8 Å². The summed E-state index contributed by atoms with van der Waals surface area (Å²) in [5.74, 6) is -1.36. The summed E-state index contributed by atoms with van der Waals surface area (Å²) in [5.41, 5.74) is 1.87. The monoisotopic (exact) mass is 437 g/mol. The van der Waals surface area contributed by atoms with E-state index in [-0.39, 0.29) is 5.97 Å². The quantitative estimate of drug-likeness (QED) is 0.436. The van der Waals surface area contributed by atoms with Crippen molar-refractivity contribution < 1.29 is 19.1 Å². The van der Waals surface area contributed by atoms with Crippen LogP contribution in [0.4, 0.5) is 0 Å². The molecule has 2 aromatic carbocycles. The molecule has 1 fully saturated rings. The summed E-state index contributed by atoms with van der Waals surface area (Å²) in [6, 6.07) is 20.2. The van der Waals surface area contributed by atoms with Crippen LogP contribution >= 0.6 is 0 Å². The van der Waals surface area contributed by atoms with Gasteiger partial charge in [-0.05, 0) is 36.8 Å². The molecule has 3 rings (SSSR count). The largest absolute Gasteiger partial charge is 0.464 e. The lowest BCUT2D eigenvalue weighted by atomic mass is 9.84. The predicted octanol–water partition coefficient (Wildman–Crippen LogP) is 5.29. The van der Waals surface area contributed by atoms with Gasteiger partial charge in [0.1, 0.15) is 6.04 Å². The predicted molar refractivity (Wildman–Crippen MR) is 127 cm³/mol. The van der Waals surface area contributed by atoms with Crippen LogP contribution in [-0.4, -0.2) is 41.8 Å².